The zero-order chi connectivity index (χ0) is 83.7. The van der Waals surface area contributed by atoms with Crippen LogP contribution < -0.4 is 16.0 Å². The second-order valence-electron chi connectivity index (χ2n) is 32.7. The average molecular weight is 1590 g/mol. The molecule has 0 aliphatic carbocycles. The van der Waals surface area contributed by atoms with E-state index < -0.39 is 65.8 Å². The lowest BCUT2D eigenvalue weighted by molar-refractivity contribution is -0.145. The van der Waals surface area contributed by atoms with Crippen molar-refractivity contribution in [3.63, 3.8) is 0 Å². The molecule has 0 bridgehead atoms. The van der Waals surface area contributed by atoms with Gasteiger partial charge < -0.3 is 74.4 Å². The van der Waals surface area contributed by atoms with Crippen molar-refractivity contribution < 1.29 is 57.4 Å². The SMILES string of the molecule is CCCCCCCCCCCCCCOC(=O)CCN(C)CCN(C)CCN(C)C(=O)CC(CC(=O)CC(CC)C(=O)N(C)CCN(C)CCN(C)CCC(=O)OCCCCCCCCCCCCCC)C(=O)CC(CC(=O)CC(CC(=O)N(C)CCN(C)CCNC)C(=O)NCCCC)C(=O)N(C)CCN(C)CCNC. The van der Waals surface area contributed by atoms with Crippen molar-refractivity contribution in [1.29, 1.82) is 0 Å². The number of likely N-dealkylation sites (N-methyl/N-ethyl adjacent to an activating group) is 12. The quantitative estimate of drug-likeness (QED) is 0.0378. The molecule has 0 aliphatic heterocycles. The van der Waals surface area contributed by atoms with Crippen molar-refractivity contribution in [2.24, 2.45) is 23.7 Å². The molecular formula is C87H169N13O12. The van der Waals surface area contributed by atoms with E-state index in [4.69, 9.17) is 9.47 Å². The normalized spacial score (nSPS) is 12.8. The van der Waals surface area contributed by atoms with Gasteiger partial charge in [0.05, 0.1) is 37.9 Å². The smallest absolute Gasteiger partial charge is 0.307 e. The number of esters is 2. The Morgan fingerprint density at radius 1 is 0.286 bits per heavy atom. The molecular weight excluding hydrogens is 1420 g/mol. The van der Waals surface area contributed by atoms with Gasteiger partial charge in [0.2, 0.25) is 29.5 Å². The first-order valence-electron chi connectivity index (χ1n) is 44.2. The molecule has 0 aromatic heterocycles. The van der Waals surface area contributed by atoms with Crippen LogP contribution in [0.15, 0.2) is 0 Å². The summed E-state index contributed by atoms with van der Waals surface area (Å²) in [5.74, 6) is -7.84. The number of ether oxygens (including phenoxy) is 2. The highest BCUT2D eigenvalue weighted by atomic mass is 16.5. The fourth-order valence-electron chi connectivity index (χ4n) is 13.5. The molecule has 0 rings (SSSR count). The molecule has 5 amide bonds. The molecule has 25 heteroatoms. The predicted octanol–water partition coefficient (Wildman–Crippen LogP) is 10.3. The number of amides is 5. The molecule has 0 aromatic carbocycles. The number of carbonyl (C=O) groups is 10. The summed E-state index contributed by atoms with van der Waals surface area (Å²) in [7, 11) is 22.2. The third-order valence-corrected chi connectivity index (χ3v) is 22.0. The highest BCUT2D eigenvalue weighted by Crippen LogP contribution is 2.26. The Morgan fingerprint density at radius 2 is 0.580 bits per heavy atom. The molecule has 0 aromatic rings. The van der Waals surface area contributed by atoms with Gasteiger partial charge >= 0.3 is 11.9 Å². The second kappa shape index (κ2) is 70.2. The van der Waals surface area contributed by atoms with Gasteiger partial charge in [-0.05, 0) is 82.1 Å². The first-order chi connectivity index (χ1) is 53.7. The van der Waals surface area contributed by atoms with E-state index in [1.807, 2.05) is 70.2 Å². The number of nitrogens with zero attached hydrogens (tertiary/aromatic N) is 10. The van der Waals surface area contributed by atoms with Gasteiger partial charge in [-0.2, -0.15) is 0 Å². The summed E-state index contributed by atoms with van der Waals surface area (Å²) in [6.45, 7) is 19.8. The van der Waals surface area contributed by atoms with Gasteiger partial charge in [-0.25, -0.2) is 0 Å². The van der Waals surface area contributed by atoms with Gasteiger partial charge in [-0.3, -0.25) is 47.9 Å². The van der Waals surface area contributed by atoms with Crippen molar-refractivity contribution in [3.8, 4) is 0 Å². The maximum atomic E-state index is 15.2. The third-order valence-electron chi connectivity index (χ3n) is 22.0. The van der Waals surface area contributed by atoms with E-state index in [0.29, 0.717) is 137 Å². The van der Waals surface area contributed by atoms with E-state index >= 15 is 4.79 Å². The van der Waals surface area contributed by atoms with Crippen LogP contribution in [0.3, 0.4) is 0 Å². The van der Waals surface area contributed by atoms with E-state index in [9.17, 15) is 43.2 Å². The fraction of sp³-hybridized carbons (Fsp3) is 0.885. The molecule has 112 heavy (non-hydrogen) atoms. The van der Waals surface area contributed by atoms with E-state index in [2.05, 4.69) is 59.2 Å². The number of hydrogen-bond acceptors (Lipinski definition) is 20. The lowest BCUT2D eigenvalue weighted by Crippen LogP contribution is -2.42. The zero-order valence-electron chi connectivity index (χ0n) is 74.5. The first-order valence-corrected chi connectivity index (χ1v) is 44.2. The molecule has 0 saturated heterocycles. The van der Waals surface area contributed by atoms with Gasteiger partial charge in [0.25, 0.3) is 0 Å². The van der Waals surface area contributed by atoms with Crippen molar-refractivity contribution in [1.82, 2.24) is 64.9 Å². The summed E-state index contributed by atoms with van der Waals surface area (Å²) < 4.78 is 11.1. The summed E-state index contributed by atoms with van der Waals surface area (Å²) in [5.41, 5.74) is 0. The number of Topliss-reactive ketones (excluding diaryl/α,β-unsaturated/α-hetero) is 3. The minimum atomic E-state index is -1.23. The van der Waals surface area contributed by atoms with Crippen molar-refractivity contribution in [2.45, 2.75) is 259 Å². The molecule has 0 radical (unpaired) electrons. The molecule has 0 aliphatic rings. The standard InChI is InChI=1S/C87H169N13O12/c1-17-21-24-26-28-30-32-34-36-38-40-42-65-111-83(106)44-49-91(7)53-55-95(11)58-62-97(13)81(104)72-75(68-78(101)67-74(20-4)86(109)99(15)64-60-96(12)56-54-92(8)50-45-84(107)112-66-43-41-39-37-35-33-31-29-27-25-22-18-2)80(103)71-77(87(110)100(16)63-59-94(10)52-48-89-6)70-79(102)69-76(85(108)90-46-23-19-3)73-82(105)98(14)61-57-93(9)51-47-88-5/h74-77,88-89H,17-73H2,1-16H3,(H,90,108). The molecule has 0 heterocycles. The van der Waals surface area contributed by atoms with Crippen LogP contribution in [0.4, 0.5) is 0 Å². The van der Waals surface area contributed by atoms with E-state index in [1.165, 1.54) is 132 Å². The number of unbranched alkanes of at least 4 members (excludes halogenated alkanes) is 23. The number of hydrogen-bond donors (Lipinski definition) is 3. The van der Waals surface area contributed by atoms with Crippen LogP contribution in [0.25, 0.3) is 0 Å². The largest absolute Gasteiger partial charge is 0.466 e. The Balaban J connectivity index is 6.45. The van der Waals surface area contributed by atoms with Gasteiger partial charge in [-0.1, -0.05) is 175 Å². The molecule has 4 atom stereocenters. The third kappa shape index (κ3) is 57.9. The number of carbonyl (C=O) groups excluding carboxylic acids is 10. The van der Waals surface area contributed by atoms with Crippen molar-refractivity contribution in [2.75, 3.05) is 222 Å². The van der Waals surface area contributed by atoms with Crippen LogP contribution in [0.2, 0.25) is 0 Å². The summed E-state index contributed by atoms with van der Waals surface area (Å²) in [6, 6.07) is 0. The molecule has 0 spiro atoms. The number of nitrogens with one attached hydrogen (secondary N) is 3. The molecule has 25 nitrogen and oxygen atoms in total. The molecule has 654 valence electrons. The minimum absolute atomic E-state index is 0.177. The Labute approximate surface area is 682 Å². The van der Waals surface area contributed by atoms with E-state index in [-0.39, 0.29) is 74.6 Å². The predicted molar refractivity (Wildman–Crippen MR) is 456 cm³/mol. The molecule has 0 fully saturated rings. The summed E-state index contributed by atoms with van der Waals surface area (Å²) >= 11 is 0. The van der Waals surface area contributed by atoms with Gasteiger partial charge in [-0.15, -0.1) is 0 Å². The van der Waals surface area contributed by atoms with Crippen LogP contribution in [0, 0.1) is 23.7 Å². The lowest BCUT2D eigenvalue weighted by Gasteiger charge is -2.28. The van der Waals surface area contributed by atoms with Gasteiger partial charge in [0.15, 0.2) is 0 Å². The Kier molecular flexibility index (Phi) is 67.1. The van der Waals surface area contributed by atoms with Crippen molar-refractivity contribution >= 4 is 58.8 Å². The summed E-state index contributed by atoms with van der Waals surface area (Å²) in [6.07, 6.45) is 29.9. The van der Waals surface area contributed by atoms with Crippen LogP contribution in [0.5, 0.6) is 0 Å². The molecule has 4 unspecified atom stereocenters. The first kappa shape index (κ1) is 107. The van der Waals surface area contributed by atoms with Crippen LogP contribution >= 0.6 is 0 Å². The van der Waals surface area contributed by atoms with Crippen LogP contribution in [0.1, 0.15) is 259 Å². The Morgan fingerprint density at radius 3 is 0.946 bits per heavy atom. The van der Waals surface area contributed by atoms with Gasteiger partial charge in [0, 0.05) is 209 Å². The van der Waals surface area contributed by atoms with Crippen LogP contribution in [-0.2, 0) is 57.4 Å². The maximum absolute atomic E-state index is 15.2. The monoisotopic (exact) mass is 1590 g/mol. The highest BCUT2D eigenvalue weighted by molar-refractivity contribution is 5.97. The summed E-state index contributed by atoms with van der Waals surface area (Å²) in [4.78, 5) is 160. The average Bonchev–Trinajstić information content (AvgIpc) is 0.851. The fourth-order valence-corrected chi connectivity index (χ4v) is 13.5. The topological polar surface area (TPSA) is 258 Å². The highest BCUT2D eigenvalue weighted by Gasteiger charge is 2.36. The minimum Gasteiger partial charge on any atom is -0.466 e. The lowest BCUT2D eigenvalue weighted by atomic mass is 9.83. The summed E-state index contributed by atoms with van der Waals surface area (Å²) in [5, 5.41) is 9.17. The molecule has 0 saturated carbocycles. The maximum Gasteiger partial charge on any atom is 0.307 e. The van der Waals surface area contributed by atoms with E-state index in [1.54, 1.807) is 38.0 Å². The Bertz CT molecular complexity index is 2480. The second-order valence-corrected chi connectivity index (χ2v) is 32.7. The van der Waals surface area contributed by atoms with Gasteiger partial charge in [0.1, 0.15) is 17.3 Å². The Hall–Kier alpha value is -5.02. The zero-order valence-corrected chi connectivity index (χ0v) is 74.5. The van der Waals surface area contributed by atoms with Crippen LogP contribution in [-0.4, -0.2) is 330 Å². The van der Waals surface area contributed by atoms with Crippen molar-refractivity contribution in [3.05, 3.63) is 0 Å². The number of rotatable bonds is 78. The molecule has 3 N–H and O–H groups in total. The number of ketones is 3. The van der Waals surface area contributed by atoms with E-state index in [0.717, 1.165) is 51.6 Å².